The van der Waals surface area contributed by atoms with Crippen LogP contribution in [-0.4, -0.2) is 23.1 Å². The van der Waals surface area contributed by atoms with Crippen molar-refractivity contribution in [3.63, 3.8) is 0 Å². The molecule has 0 atom stereocenters. The van der Waals surface area contributed by atoms with Gasteiger partial charge >= 0.3 is 0 Å². The lowest BCUT2D eigenvalue weighted by molar-refractivity contribution is -0.384. The fourth-order valence-electron chi connectivity index (χ4n) is 1.70. The Kier molecular flexibility index (Phi) is 5.85. The molecule has 22 heavy (non-hydrogen) atoms. The van der Waals surface area contributed by atoms with Gasteiger partial charge in [-0.2, -0.15) is 11.8 Å². The number of amides is 1. The second kappa shape index (κ2) is 7.86. The first kappa shape index (κ1) is 16.4. The van der Waals surface area contributed by atoms with Gasteiger partial charge in [-0.05, 0) is 24.3 Å². The molecule has 1 N–H and O–H groups in total. The van der Waals surface area contributed by atoms with Gasteiger partial charge in [0.15, 0.2) is 0 Å². The molecular formula is C14H13ClN2O4S. The molecule has 6 nitrogen and oxygen atoms in total. The molecule has 2 rings (SSSR count). The summed E-state index contributed by atoms with van der Waals surface area (Å²) in [6.07, 6.45) is 1.62. The Hall–Kier alpha value is -1.99. The van der Waals surface area contributed by atoms with Gasteiger partial charge in [0, 0.05) is 23.9 Å². The van der Waals surface area contributed by atoms with Crippen LogP contribution in [0.15, 0.2) is 41.0 Å². The number of rotatable bonds is 7. The number of benzene rings is 1. The van der Waals surface area contributed by atoms with Crippen LogP contribution in [0, 0.1) is 10.1 Å². The van der Waals surface area contributed by atoms with E-state index in [9.17, 15) is 14.9 Å². The van der Waals surface area contributed by atoms with Crippen molar-refractivity contribution in [2.75, 3.05) is 12.3 Å². The molecule has 0 spiro atoms. The molecule has 0 aliphatic heterocycles. The van der Waals surface area contributed by atoms with Gasteiger partial charge in [0.05, 0.1) is 16.9 Å². The maximum absolute atomic E-state index is 11.9. The highest BCUT2D eigenvalue weighted by Crippen LogP contribution is 2.25. The van der Waals surface area contributed by atoms with E-state index < -0.39 is 4.92 Å². The Bertz CT molecular complexity index is 661. The van der Waals surface area contributed by atoms with E-state index in [1.807, 2.05) is 12.1 Å². The summed E-state index contributed by atoms with van der Waals surface area (Å²) in [5.41, 5.74) is -0.0614. The molecule has 1 amide bonds. The van der Waals surface area contributed by atoms with Gasteiger partial charge in [0.2, 0.25) is 0 Å². The fourth-order valence-corrected chi connectivity index (χ4v) is 2.64. The third-order valence-electron chi connectivity index (χ3n) is 2.76. The number of nitro benzene ring substituents is 1. The molecule has 0 fully saturated rings. The Morgan fingerprint density at radius 3 is 2.91 bits per heavy atom. The molecule has 0 saturated carbocycles. The summed E-state index contributed by atoms with van der Waals surface area (Å²) < 4.78 is 5.19. The van der Waals surface area contributed by atoms with Crippen LogP contribution < -0.4 is 5.32 Å². The number of nitrogens with one attached hydrogen (secondary N) is 1. The molecule has 0 unspecified atom stereocenters. The Labute approximate surface area is 136 Å². The van der Waals surface area contributed by atoms with Crippen molar-refractivity contribution >= 4 is 35.0 Å². The molecule has 0 aliphatic rings. The molecular weight excluding hydrogens is 328 g/mol. The van der Waals surface area contributed by atoms with E-state index in [0.717, 1.165) is 11.5 Å². The zero-order valence-corrected chi connectivity index (χ0v) is 13.0. The van der Waals surface area contributed by atoms with Crippen molar-refractivity contribution < 1.29 is 14.1 Å². The van der Waals surface area contributed by atoms with E-state index in [0.29, 0.717) is 12.3 Å². The summed E-state index contributed by atoms with van der Waals surface area (Å²) >= 11 is 7.33. The summed E-state index contributed by atoms with van der Waals surface area (Å²) in [6, 6.07) is 7.69. The van der Waals surface area contributed by atoms with Gasteiger partial charge in [0.1, 0.15) is 10.8 Å². The maximum Gasteiger partial charge on any atom is 0.288 e. The fraction of sp³-hybridized carbons (Fsp3) is 0.214. The highest BCUT2D eigenvalue weighted by Gasteiger charge is 2.15. The van der Waals surface area contributed by atoms with Crippen LogP contribution >= 0.6 is 23.4 Å². The number of nitro groups is 1. The van der Waals surface area contributed by atoms with Gasteiger partial charge in [-0.3, -0.25) is 14.9 Å². The predicted octanol–water partition coefficient (Wildman–Crippen LogP) is 3.50. The molecule has 116 valence electrons. The van der Waals surface area contributed by atoms with Crippen LogP contribution in [0.5, 0.6) is 0 Å². The third kappa shape index (κ3) is 4.51. The minimum atomic E-state index is -0.613. The number of hydrogen-bond acceptors (Lipinski definition) is 5. The lowest BCUT2D eigenvalue weighted by Crippen LogP contribution is -2.25. The average molecular weight is 341 g/mol. The number of carbonyl (C=O) groups excluding carboxylic acids is 1. The molecule has 2 aromatic rings. The van der Waals surface area contributed by atoms with Crippen molar-refractivity contribution in [3.8, 4) is 0 Å². The number of thioether (sulfide) groups is 1. The van der Waals surface area contributed by atoms with Gasteiger partial charge in [-0.1, -0.05) is 11.6 Å². The first-order valence-electron chi connectivity index (χ1n) is 6.40. The molecule has 8 heteroatoms. The summed E-state index contributed by atoms with van der Waals surface area (Å²) in [7, 11) is 0. The van der Waals surface area contributed by atoms with Crippen molar-refractivity contribution in [1.82, 2.24) is 5.32 Å². The average Bonchev–Trinajstić information content (AvgIpc) is 3.00. The van der Waals surface area contributed by atoms with Crippen molar-refractivity contribution in [1.29, 1.82) is 0 Å². The zero-order valence-electron chi connectivity index (χ0n) is 11.5. The smallest absolute Gasteiger partial charge is 0.288 e. The molecule has 0 saturated heterocycles. The third-order valence-corrected chi connectivity index (χ3v) is 4.06. The van der Waals surface area contributed by atoms with Crippen molar-refractivity contribution in [2.24, 2.45) is 0 Å². The Balaban J connectivity index is 1.79. The number of nitrogens with zero attached hydrogens (tertiary/aromatic N) is 1. The number of carbonyl (C=O) groups is 1. The standard InChI is InChI=1S/C14H13ClN2O4S/c15-12-4-3-10(8-13(12)17(19)20)14(18)16-5-7-22-9-11-2-1-6-21-11/h1-4,6,8H,5,7,9H2,(H,16,18). The van der Waals surface area contributed by atoms with Gasteiger partial charge < -0.3 is 9.73 Å². The first-order chi connectivity index (χ1) is 10.6. The van der Waals surface area contributed by atoms with Crippen LogP contribution in [0.1, 0.15) is 16.1 Å². The molecule has 1 heterocycles. The molecule has 0 bridgehead atoms. The zero-order chi connectivity index (χ0) is 15.9. The molecule has 0 radical (unpaired) electrons. The monoisotopic (exact) mass is 340 g/mol. The summed E-state index contributed by atoms with van der Waals surface area (Å²) in [6.45, 7) is 0.459. The summed E-state index contributed by atoms with van der Waals surface area (Å²) in [4.78, 5) is 22.1. The lowest BCUT2D eigenvalue weighted by atomic mass is 10.2. The van der Waals surface area contributed by atoms with E-state index in [-0.39, 0.29) is 22.2 Å². The summed E-state index contributed by atoms with van der Waals surface area (Å²) in [5, 5.41) is 13.5. The van der Waals surface area contributed by atoms with Crippen LogP contribution in [0.3, 0.4) is 0 Å². The van der Waals surface area contributed by atoms with Gasteiger partial charge in [-0.25, -0.2) is 0 Å². The van der Waals surface area contributed by atoms with Crippen molar-refractivity contribution in [2.45, 2.75) is 5.75 Å². The maximum atomic E-state index is 11.9. The largest absolute Gasteiger partial charge is 0.468 e. The summed E-state index contributed by atoms with van der Waals surface area (Å²) in [5.74, 6) is 1.96. The predicted molar refractivity (Wildman–Crippen MR) is 85.3 cm³/mol. The quantitative estimate of drug-likeness (QED) is 0.473. The Morgan fingerprint density at radius 2 is 2.23 bits per heavy atom. The highest BCUT2D eigenvalue weighted by atomic mass is 35.5. The minimum Gasteiger partial charge on any atom is -0.468 e. The van der Waals surface area contributed by atoms with E-state index in [1.54, 1.807) is 18.0 Å². The van der Waals surface area contributed by atoms with Gasteiger partial charge in [0.25, 0.3) is 11.6 Å². The van der Waals surface area contributed by atoms with E-state index in [2.05, 4.69) is 5.32 Å². The topological polar surface area (TPSA) is 85.4 Å². The Morgan fingerprint density at radius 1 is 1.41 bits per heavy atom. The molecule has 1 aromatic carbocycles. The lowest BCUT2D eigenvalue weighted by Gasteiger charge is -2.05. The first-order valence-corrected chi connectivity index (χ1v) is 7.93. The van der Waals surface area contributed by atoms with Crippen LogP contribution in [0.4, 0.5) is 5.69 Å². The van der Waals surface area contributed by atoms with Crippen LogP contribution in [-0.2, 0) is 5.75 Å². The highest BCUT2D eigenvalue weighted by molar-refractivity contribution is 7.98. The second-order valence-corrected chi connectivity index (χ2v) is 5.82. The normalized spacial score (nSPS) is 10.4. The number of hydrogen-bond donors (Lipinski definition) is 1. The molecule has 1 aromatic heterocycles. The number of furan rings is 1. The van der Waals surface area contributed by atoms with Crippen LogP contribution in [0.2, 0.25) is 5.02 Å². The SMILES string of the molecule is O=C(NCCSCc1ccco1)c1ccc(Cl)c([N+](=O)[O-])c1. The molecule has 0 aliphatic carbocycles. The van der Waals surface area contributed by atoms with E-state index in [1.165, 1.54) is 18.2 Å². The van der Waals surface area contributed by atoms with Gasteiger partial charge in [-0.15, -0.1) is 0 Å². The van der Waals surface area contributed by atoms with Crippen LogP contribution in [0.25, 0.3) is 0 Å². The second-order valence-electron chi connectivity index (χ2n) is 4.31. The van der Waals surface area contributed by atoms with E-state index in [4.69, 9.17) is 16.0 Å². The van der Waals surface area contributed by atoms with E-state index >= 15 is 0 Å². The number of halogens is 1. The van der Waals surface area contributed by atoms with Crippen molar-refractivity contribution in [3.05, 3.63) is 63.1 Å². The minimum absolute atomic E-state index is 0.00977.